The number of benzene rings is 1. The van der Waals surface area contributed by atoms with Crippen molar-refractivity contribution in [1.29, 1.82) is 0 Å². The van der Waals surface area contributed by atoms with Gasteiger partial charge in [-0.1, -0.05) is 6.07 Å². The lowest BCUT2D eigenvalue weighted by atomic mass is 10.1. The largest absolute Gasteiger partial charge is 0.335 e. The predicted octanol–water partition coefficient (Wildman–Crippen LogP) is 2.37. The maximum absolute atomic E-state index is 12.5. The normalized spacial score (nSPS) is 16.1. The number of pyridine rings is 1. The number of hydrogen-bond donors (Lipinski definition) is 2. The monoisotopic (exact) mass is 416 g/mol. The first-order valence-corrected chi connectivity index (χ1v) is 10.4. The van der Waals surface area contributed by atoms with Crippen molar-refractivity contribution in [3.63, 3.8) is 0 Å². The summed E-state index contributed by atoms with van der Waals surface area (Å²) in [6.45, 7) is 6.99. The third-order valence-electron chi connectivity index (χ3n) is 5.85. The summed E-state index contributed by atoms with van der Waals surface area (Å²) in [6, 6.07) is 9.57. The molecule has 0 saturated carbocycles. The summed E-state index contributed by atoms with van der Waals surface area (Å²) >= 11 is 0. The van der Waals surface area contributed by atoms with E-state index in [2.05, 4.69) is 52.2 Å². The van der Waals surface area contributed by atoms with Gasteiger partial charge >= 0.3 is 0 Å². The number of rotatable bonds is 4. The minimum Gasteiger partial charge on any atom is -0.335 e. The topological polar surface area (TPSA) is 94.2 Å². The summed E-state index contributed by atoms with van der Waals surface area (Å²) in [5, 5.41) is 3.31. The molecule has 0 unspecified atom stereocenters. The molecule has 0 bridgehead atoms. The number of aromatic amines is 1. The van der Waals surface area contributed by atoms with E-state index in [0.29, 0.717) is 24.6 Å². The quantitative estimate of drug-likeness (QED) is 0.678. The summed E-state index contributed by atoms with van der Waals surface area (Å²) < 4.78 is 0. The second-order valence-electron chi connectivity index (χ2n) is 8.38. The number of amides is 1. The number of likely N-dealkylation sites (tertiary alicyclic amines) is 1. The molecule has 4 heterocycles. The molecule has 2 N–H and O–H groups in total. The van der Waals surface area contributed by atoms with Gasteiger partial charge in [0, 0.05) is 67.5 Å². The third kappa shape index (κ3) is 3.94. The number of fused-ring (bicyclic) bond motifs is 1. The molecule has 1 fully saturated rings. The highest BCUT2D eigenvalue weighted by atomic mass is 16.2. The number of aromatic nitrogens is 3. The number of hydrogen-bond acceptors (Lipinski definition) is 6. The van der Waals surface area contributed by atoms with Crippen LogP contribution < -0.4 is 10.9 Å². The van der Waals surface area contributed by atoms with Crippen LogP contribution in [0.3, 0.4) is 0 Å². The fourth-order valence-corrected chi connectivity index (χ4v) is 4.28. The lowest BCUT2D eigenvalue weighted by Crippen LogP contribution is -2.59. The zero-order chi connectivity index (χ0) is 21.5. The molecule has 0 atom stereocenters. The van der Waals surface area contributed by atoms with Gasteiger partial charge in [0.15, 0.2) is 0 Å². The molecule has 31 heavy (non-hydrogen) atoms. The summed E-state index contributed by atoms with van der Waals surface area (Å²) in [5.74, 6) is 0.504. The smallest absolute Gasteiger partial charge is 0.254 e. The van der Waals surface area contributed by atoms with Crippen molar-refractivity contribution in [2.45, 2.75) is 33.0 Å². The molecule has 2 aliphatic heterocycles. The Morgan fingerprint density at radius 1 is 1.13 bits per heavy atom. The fourth-order valence-electron chi connectivity index (χ4n) is 4.28. The molecule has 0 spiro atoms. The van der Waals surface area contributed by atoms with Gasteiger partial charge in [-0.25, -0.2) is 9.97 Å². The number of carbonyl (C=O) groups is 1. The molecule has 2 aromatic heterocycles. The second-order valence-corrected chi connectivity index (χ2v) is 8.38. The van der Waals surface area contributed by atoms with Gasteiger partial charge in [-0.3, -0.25) is 14.5 Å². The Kier molecular flexibility index (Phi) is 4.78. The van der Waals surface area contributed by atoms with Crippen LogP contribution in [0.5, 0.6) is 0 Å². The molecular weight excluding hydrogens is 392 g/mol. The van der Waals surface area contributed by atoms with Crippen LogP contribution in [-0.2, 0) is 13.1 Å². The van der Waals surface area contributed by atoms with Crippen LogP contribution in [0.2, 0.25) is 0 Å². The van der Waals surface area contributed by atoms with Crippen molar-refractivity contribution < 1.29 is 4.79 Å². The molecule has 1 saturated heterocycles. The summed E-state index contributed by atoms with van der Waals surface area (Å²) in [7, 11) is 0. The number of H-pyrrole nitrogens is 1. The molecule has 5 rings (SSSR count). The average molecular weight is 416 g/mol. The van der Waals surface area contributed by atoms with Gasteiger partial charge in [0.1, 0.15) is 0 Å². The van der Waals surface area contributed by atoms with E-state index in [1.54, 1.807) is 11.0 Å². The van der Waals surface area contributed by atoms with E-state index in [0.717, 1.165) is 30.0 Å². The highest BCUT2D eigenvalue weighted by Gasteiger charge is 2.38. The highest BCUT2D eigenvalue weighted by Crippen LogP contribution is 2.28. The van der Waals surface area contributed by atoms with E-state index < -0.39 is 0 Å². The standard InChI is InChI=1S/C23H24N6O2/c1-14-5-15(2)7-18(6-14)26-23-25-9-17-10-28(13-20(17)27-23)19-11-29(12-19)22(31)16-3-4-24-21(30)8-16/h3-9,19H,10-13H2,1-2H3,(H,24,30)(H,25,26,27). The molecule has 1 amide bonds. The van der Waals surface area contributed by atoms with Crippen LogP contribution in [-0.4, -0.2) is 49.8 Å². The van der Waals surface area contributed by atoms with Crippen molar-refractivity contribution in [3.05, 3.63) is 81.0 Å². The zero-order valence-corrected chi connectivity index (χ0v) is 17.6. The van der Waals surface area contributed by atoms with Crippen molar-refractivity contribution in [1.82, 2.24) is 24.8 Å². The second kappa shape index (κ2) is 7.63. The zero-order valence-electron chi connectivity index (χ0n) is 17.6. The third-order valence-corrected chi connectivity index (χ3v) is 5.85. The lowest BCUT2D eigenvalue weighted by molar-refractivity contribution is 0.0248. The molecule has 8 nitrogen and oxygen atoms in total. The predicted molar refractivity (Wildman–Crippen MR) is 117 cm³/mol. The Morgan fingerprint density at radius 3 is 2.65 bits per heavy atom. The van der Waals surface area contributed by atoms with E-state index >= 15 is 0 Å². The first-order valence-electron chi connectivity index (χ1n) is 10.4. The molecular formula is C23H24N6O2. The Labute approximate surface area is 180 Å². The lowest BCUT2D eigenvalue weighted by Gasteiger charge is -2.43. The Hall–Kier alpha value is -3.52. The first-order chi connectivity index (χ1) is 14.9. The number of carbonyl (C=O) groups excluding carboxylic acids is 1. The maximum atomic E-state index is 12.5. The average Bonchev–Trinajstić information content (AvgIpc) is 3.08. The summed E-state index contributed by atoms with van der Waals surface area (Å²) in [4.78, 5) is 39.9. The van der Waals surface area contributed by atoms with Crippen molar-refractivity contribution in [2.24, 2.45) is 0 Å². The number of nitrogens with zero attached hydrogens (tertiary/aromatic N) is 4. The number of nitrogens with one attached hydrogen (secondary N) is 2. The van der Waals surface area contributed by atoms with E-state index in [9.17, 15) is 9.59 Å². The van der Waals surface area contributed by atoms with Crippen LogP contribution in [0.4, 0.5) is 11.6 Å². The van der Waals surface area contributed by atoms with E-state index in [1.807, 2.05) is 6.20 Å². The Morgan fingerprint density at radius 2 is 1.90 bits per heavy atom. The van der Waals surface area contributed by atoms with Crippen LogP contribution in [0.25, 0.3) is 0 Å². The van der Waals surface area contributed by atoms with Gasteiger partial charge in [0.05, 0.1) is 5.69 Å². The van der Waals surface area contributed by atoms with Gasteiger partial charge < -0.3 is 15.2 Å². The van der Waals surface area contributed by atoms with Crippen LogP contribution in [0.15, 0.2) is 47.5 Å². The molecule has 0 radical (unpaired) electrons. The Balaban J connectivity index is 1.21. The molecule has 8 heteroatoms. The maximum Gasteiger partial charge on any atom is 0.254 e. The minimum atomic E-state index is -0.262. The molecule has 3 aromatic rings. The molecule has 1 aromatic carbocycles. The van der Waals surface area contributed by atoms with Gasteiger partial charge in [0.2, 0.25) is 11.5 Å². The molecule has 2 aliphatic rings. The van der Waals surface area contributed by atoms with Gasteiger partial charge in [-0.15, -0.1) is 0 Å². The number of anilines is 2. The van der Waals surface area contributed by atoms with E-state index in [1.165, 1.54) is 23.4 Å². The van der Waals surface area contributed by atoms with Gasteiger partial charge in [-0.2, -0.15) is 0 Å². The summed E-state index contributed by atoms with van der Waals surface area (Å²) in [6.07, 6.45) is 3.40. The van der Waals surface area contributed by atoms with Gasteiger partial charge in [0.25, 0.3) is 5.91 Å². The first kappa shape index (κ1) is 19.4. The van der Waals surface area contributed by atoms with E-state index in [-0.39, 0.29) is 17.5 Å². The van der Waals surface area contributed by atoms with Crippen molar-refractivity contribution >= 4 is 17.5 Å². The molecule has 0 aliphatic carbocycles. The minimum absolute atomic E-state index is 0.0983. The SMILES string of the molecule is Cc1cc(C)cc(Nc2ncc3c(n2)CN(C2CN(C(=O)c4cc[nH]c(=O)c4)C2)C3)c1. The van der Waals surface area contributed by atoms with Crippen LogP contribution >= 0.6 is 0 Å². The van der Waals surface area contributed by atoms with Crippen LogP contribution in [0, 0.1) is 13.8 Å². The highest BCUT2D eigenvalue weighted by molar-refractivity contribution is 5.94. The molecule has 158 valence electrons. The number of aryl methyl sites for hydroxylation is 2. The van der Waals surface area contributed by atoms with Crippen LogP contribution in [0.1, 0.15) is 32.7 Å². The summed E-state index contributed by atoms with van der Waals surface area (Å²) in [5.41, 5.74) is 5.70. The Bertz CT molecular complexity index is 1190. The van der Waals surface area contributed by atoms with E-state index in [4.69, 9.17) is 4.98 Å². The van der Waals surface area contributed by atoms with Gasteiger partial charge in [-0.05, 0) is 43.2 Å². The van der Waals surface area contributed by atoms with Crippen molar-refractivity contribution in [3.8, 4) is 0 Å². The fraction of sp³-hybridized carbons (Fsp3) is 0.304. The van der Waals surface area contributed by atoms with Crippen molar-refractivity contribution in [2.75, 3.05) is 18.4 Å².